The predicted octanol–water partition coefficient (Wildman–Crippen LogP) is 3.42. The Bertz CT molecular complexity index is 741. The maximum atomic E-state index is 12.0. The van der Waals surface area contributed by atoms with Crippen LogP contribution in [0.15, 0.2) is 58.3 Å². The Balaban J connectivity index is 1.85. The van der Waals surface area contributed by atoms with Gasteiger partial charge in [0.25, 0.3) is 0 Å². The number of hydrogen-bond donors (Lipinski definition) is 0. The molecular formula is C17H21NO3S2. The molecule has 0 bridgehead atoms. The van der Waals surface area contributed by atoms with Gasteiger partial charge in [-0.05, 0) is 43.3 Å². The van der Waals surface area contributed by atoms with Gasteiger partial charge >= 0.3 is 0 Å². The highest BCUT2D eigenvalue weighted by molar-refractivity contribution is 7.99. The Morgan fingerprint density at radius 2 is 1.78 bits per heavy atom. The number of aryl methyl sites for hydroxylation is 1. The lowest BCUT2D eigenvalue weighted by molar-refractivity contribution is 0.343. The van der Waals surface area contributed by atoms with Gasteiger partial charge in [-0.15, -0.1) is 11.8 Å². The number of sulfonamides is 1. The van der Waals surface area contributed by atoms with Crippen LogP contribution in [0.1, 0.15) is 5.56 Å². The smallest absolute Gasteiger partial charge is 0.242 e. The summed E-state index contributed by atoms with van der Waals surface area (Å²) < 4.78 is 30.8. The first-order valence-electron chi connectivity index (χ1n) is 7.24. The van der Waals surface area contributed by atoms with Gasteiger partial charge in [0.1, 0.15) is 5.75 Å². The van der Waals surface area contributed by atoms with Crippen molar-refractivity contribution in [2.75, 3.05) is 26.5 Å². The minimum absolute atomic E-state index is 0.268. The Kier molecular flexibility index (Phi) is 6.10. The Morgan fingerprint density at radius 1 is 1.09 bits per heavy atom. The highest BCUT2D eigenvalue weighted by Gasteiger charge is 2.16. The molecule has 0 aliphatic rings. The van der Waals surface area contributed by atoms with E-state index in [-0.39, 0.29) is 4.90 Å². The number of hydrogen-bond acceptors (Lipinski definition) is 4. The molecule has 6 heteroatoms. The van der Waals surface area contributed by atoms with Crippen molar-refractivity contribution in [1.29, 1.82) is 0 Å². The fraction of sp³-hybridized carbons (Fsp3) is 0.294. The van der Waals surface area contributed by atoms with Crippen molar-refractivity contribution in [3.05, 3.63) is 54.1 Å². The molecule has 23 heavy (non-hydrogen) atoms. The molecule has 0 unspecified atom stereocenters. The highest BCUT2D eigenvalue weighted by atomic mass is 32.2. The number of ether oxygens (including phenoxy) is 1. The topological polar surface area (TPSA) is 46.6 Å². The average molecular weight is 351 g/mol. The van der Waals surface area contributed by atoms with Gasteiger partial charge < -0.3 is 4.74 Å². The van der Waals surface area contributed by atoms with Gasteiger partial charge in [0.15, 0.2) is 0 Å². The summed E-state index contributed by atoms with van der Waals surface area (Å²) in [5, 5.41) is 0. The summed E-state index contributed by atoms with van der Waals surface area (Å²) in [5.41, 5.74) is 1.24. The lowest BCUT2D eigenvalue weighted by Gasteiger charge is -2.12. The monoisotopic (exact) mass is 351 g/mol. The van der Waals surface area contributed by atoms with E-state index in [1.807, 2.05) is 6.07 Å². The second kappa shape index (κ2) is 7.86. The molecule has 0 fully saturated rings. The molecule has 124 valence electrons. The van der Waals surface area contributed by atoms with Crippen LogP contribution in [0.5, 0.6) is 5.75 Å². The predicted molar refractivity (Wildman–Crippen MR) is 94.7 cm³/mol. The zero-order chi connectivity index (χ0) is 16.9. The Hall–Kier alpha value is -1.50. The Morgan fingerprint density at radius 3 is 2.39 bits per heavy atom. The lowest BCUT2D eigenvalue weighted by atomic mass is 10.2. The highest BCUT2D eigenvalue weighted by Crippen LogP contribution is 2.20. The molecule has 4 nitrogen and oxygen atoms in total. The van der Waals surface area contributed by atoms with Crippen molar-refractivity contribution >= 4 is 21.8 Å². The van der Waals surface area contributed by atoms with E-state index in [0.29, 0.717) is 12.4 Å². The van der Waals surface area contributed by atoms with Crippen molar-refractivity contribution in [2.24, 2.45) is 0 Å². The molecule has 0 aliphatic carbocycles. The van der Waals surface area contributed by atoms with Gasteiger partial charge in [0.05, 0.1) is 11.5 Å². The number of rotatable bonds is 7. The standard InChI is InChI=1S/C17H21NO3S2/c1-14-5-4-6-16(13-14)22-12-11-21-15-7-9-17(10-8-15)23(19,20)18(2)3/h4-10,13H,11-12H2,1-3H3. The van der Waals surface area contributed by atoms with Gasteiger partial charge in [-0.2, -0.15) is 0 Å². The van der Waals surface area contributed by atoms with E-state index in [9.17, 15) is 8.42 Å². The van der Waals surface area contributed by atoms with Crippen molar-refractivity contribution in [3.63, 3.8) is 0 Å². The van der Waals surface area contributed by atoms with Gasteiger partial charge in [0.2, 0.25) is 10.0 Å². The summed E-state index contributed by atoms with van der Waals surface area (Å²) >= 11 is 1.74. The normalized spacial score (nSPS) is 11.7. The van der Waals surface area contributed by atoms with E-state index in [0.717, 1.165) is 5.75 Å². The second-order valence-corrected chi connectivity index (χ2v) is 8.59. The fourth-order valence-corrected chi connectivity index (χ4v) is 3.69. The van der Waals surface area contributed by atoms with Crippen LogP contribution in [0.3, 0.4) is 0 Å². The molecule has 2 aromatic rings. The van der Waals surface area contributed by atoms with Gasteiger partial charge in [-0.3, -0.25) is 0 Å². The largest absolute Gasteiger partial charge is 0.493 e. The molecule has 0 saturated carbocycles. The van der Waals surface area contributed by atoms with Crippen molar-refractivity contribution in [2.45, 2.75) is 16.7 Å². The summed E-state index contributed by atoms with van der Waals surface area (Å²) in [6.45, 7) is 2.64. The van der Waals surface area contributed by atoms with Crippen LogP contribution in [0.2, 0.25) is 0 Å². The van der Waals surface area contributed by atoms with Crippen LogP contribution in [-0.4, -0.2) is 39.2 Å². The van der Waals surface area contributed by atoms with E-state index in [1.165, 1.54) is 28.9 Å². The third kappa shape index (κ3) is 4.99. The zero-order valence-electron chi connectivity index (χ0n) is 13.5. The van der Waals surface area contributed by atoms with Crippen molar-refractivity contribution in [1.82, 2.24) is 4.31 Å². The molecule has 0 aliphatic heterocycles. The molecule has 0 N–H and O–H groups in total. The number of benzene rings is 2. The summed E-state index contributed by atoms with van der Waals surface area (Å²) in [6, 6.07) is 14.9. The average Bonchev–Trinajstić information content (AvgIpc) is 2.52. The van der Waals surface area contributed by atoms with Crippen LogP contribution in [0.4, 0.5) is 0 Å². The molecule has 0 saturated heterocycles. The summed E-state index contributed by atoms with van der Waals surface area (Å²) in [7, 11) is -0.353. The van der Waals surface area contributed by atoms with Gasteiger partial charge in [0, 0.05) is 24.7 Å². The first kappa shape index (κ1) is 17.8. The van der Waals surface area contributed by atoms with Crippen LogP contribution < -0.4 is 4.74 Å². The van der Waals surface area contributed by atoms with E-state index in [2.05, 4.69) is 25.1 Å². The van der Waals surface area contributed by atoms with Crippen LogP contribution >= 0.6 is 11.8 Å². The number of thioether (sulfide) groups is 1. The van der Waals surface area contributed by atoms with E-state index in [1.54, 1.807) is 36.0 Å². The maximum absolute atomic E-state index is 12.0. The molecule has 0 spiro atoms. The number of nitrogens with zero attached hydrogens (tertiary/aromatic N) is 1. The zero-order valence-corrected chi connectivity index (χ0v) is 15.2. The minimum Gasteiger partial charge on any atom is -0.493 e. The molecule has 0 radical (unpaired) electrons. The van der Waals surface area contributed by atoms with E-state index >= 15 is 0 Å². The van der Waals surface area contributed by atoms with Crippen LogP contribution in [0, 0.1) is 6.92 Å². The Labute approximate surface area is 142 Å². The molecule has 2 rings (SSSR count). The van der Waals surface area contributed by atoms with Crippen molar-refractivity contribution in [3.8, 4) is 5.75 Å². The second-order valence-electron chi connectivity index (χ2n) is 5.27. The van der Waals surface area contributed by atoms with E-state index < -0.39 is 10.0 Å². The van der Waals surface area contributed by atoms with E-state index in [4.69, 9.17) is 4.74 Å². The van der Waals surface area contributed by atoms with Crippen LogP contribution in [0.25, 0.3) is 0 Å². The first-order valence-corrected chi connectivity index (χ1v) is 9.67. The summed E-state index contributed by atoms with van der Waals surface area (Å²) in [6.07, 6.45) is 0. The molecule has 0 amide bonds. The molecule has 0 aromatic heterocycles. The summed E-state index contributed by atoms with van der Waals surface area (Å²) in [5.74, 6) is 1.51. The summed E-state index contributed by atoms with van der Waals surface area (Å²) in [4.78, 5) is 1.49. The maximum Gasteiger partial charge on any atom is 0.242 e. The van der Waals surface area contributed by atoms with Crippen molar-refractivity contribution < 1.29 is 13.2 Å². The SMILES string of the molecule is Cc1cccc(SCCOc2ccc(S(=O)(=O)N(C)C)cc2)c1. The minimum atomic E-state index is -3.39. The third-order valence-corrected chi connectivity index (χ3v) is 6.00. The van der Waals surface area contributed by atoms with Crippen LogP contribution in [-0.2, 0) is 10.0 Å². The molecule has 0 atom stereocenters. The van der Waals surface area contributed by atoms with Gasteiger partial charge in [-0.25, -0.2) is 12.7 Å². The fourth-order valence-electron chi connectivity index (χ4n) is 1.94. The third-order valence-electron chi connectivity index (χ3n) is 3.21. The first-order chi connectivity index (χ1) is 10.9. The van der Waals surface area contributed by atoms with Gasteiger partial charge in [-0.1, -0.05) is 17.7 Å². The molecule has 0 heterocycles. The lowest BCUT2D eigenvalue weighted by Crippen LogP contribution is -2.22. The molecule has 2 aromatic carbocycles. The quantitative estimate of drug-likeness (QED) is 0.566. The molecular weight excluding hydrogens is 330 g/mol.